The van der Waals surface area contributed by atoms with Gasteiger partial charge in [0, 0.05) is 5.41 Å². The van der Waals surface area contributed by atoms with Crippen molar-refractivity contribution in [3.63, 3.8) is 0 Å². The van der Waals surface area contributed by atoms with Crippen molar-refractivity contribution in [2.45, 2.75) is 102 Å². The molecule has 0 aliphatic heterocycles. The van der Waals surface area contributed by atoms with Crippen molar-refractivity contribution in [2.75, 3.05) is 0 Å². The van der Waals surface area contributed by atoms with Crippen LogP contribution < -0.4 is 0 Å². The molecule has 1 fully saturated rings. The number of halogens is 1. The quantitative estimate of drug-likeness (QED) is 0.299. The maximum absolute atomic E-state index is 14.2. The predicted molar refractivity (Wildman–Crippen MR) is 132 cm³/mol. The second-order valence-corrected chi connectivity index (χ2v) is 9.81. The van der Waals surface area contributed by atoms with Crippen LogP contribution in [0.3, 0.4) is 0 Å². The number of hydrogen-bond acceptors (Lipinski definition) is 0. The lowest BCUT2D eigenvalue weighted by molar-refractivity contribution is 0.173. The molecule has 2 aromatic carbocycles. The van der Waals surface area contributed by atoms with Crippen LogP contribution in [0, 0.1) is 11.8 Å². The standard InChI is InChI=1S/C30H43F/c1-3-5-8-14-25-20-22-28(23-21-25)30(24-13-19-29(31)4-2,26-15-9-6-10-16-26)27-17-11-7-12-18-27/h6-7,9-12,15-18,25,28-29H,3-5,8,13-14,19-24H2,1-2H3. The zero-order chi connectivity index (χ0) is 21.9. The third kappa shape index (κ3) is 6.21. The highest BCUT2D eigenvalue weighted by Crippen LogP contribution is 2.50. The van der Waals surface area contributed by atoms with Crippen LogP contribution in [0.15, 0.2) is 60.7 Å². The summed E-state index contributed by atoms with van der Waals surface area (Å²) in [5, 5.41) is 0. The number of benzene rings is 2. The molecule has 0 amide bonds. The predicted octanol–water partition coefficient (Wildman–Crippen LogP) is 9.28. The first-order chi connectivity index (χ1) is 15.2. The number of unbranched alkanes of at least 4 members (excludes halogenated alkanes) is 2. The molecule has 0 nitrogen and oxygen atoms in total. The fraction of sp³-hybridized carbons (Fsp3) is 0.600. The van der Waals surface area contributed by atoms with Gasteiger partial charge < -0.3 is 0 Å². The monoisotopic (exact) mass is 422 g/mol. The zero-order valence-corrected chi connectivity index (χ0v) is 19.9. The van der Waals surface area contributed by atoms with Crippen LogP contribution in [-0.4, -0.2) is 6.17 Å². The van der Waals surface area contributed by atoms with Gasteiger partial charge in [0.05, 0.1) is 6.17 Å². The van der Waals surface area contributed by atoms with E-state index < -0.39 is 6.17 Å². The first-order valence-corrected chi connectivity index (χ1v) is 13.0. The molecule has 0 N–H and O–H groups in total. The van der Waals surface area contributed by atoms with Crippen LogP contribution >= 0.6 is 0 Å². The van der Waals surface area contributed by atoms with E-state index in [-0.39, 0.29) is 5.41 Å². The van der Waals surface area contributed by atoms with Crippen LogP contribution in [0.2, 0.25) is 0 Å². The Balaban J connectivity index is 1.88. The Hall–Kier alpha value is -1.63. The molecule has 0 spiro atoms. The van der Waals surface area contributed by atoms with Gasteiger partial charge >= 0.3 is 0 Å². The average molecular weight is 423 g/mol. The fourth-order valence-electron chi connectivity index (χ4n) is 6.04. The minimum atomic E-state index is -0.668. The summed E-state index contributed by atoms with van der Waals surface area (Å²) in [6, 6.07) is 22.3. The summed E-state index contributed by atoms with van der Waals surface area (Å²) in [5.41, 5.74) is 2.87. The molecule has 0 radical (unpaired) electrons. The van der Waals surface area contributed by atoms with Gasteiger partial charge in [-0.05, 0) is 61.5 Å². The van der Waals surface area contributed by atoms with Gasteiger partial charge in [0.25, 0.3) is 0 Å². The molecule has 0 heterocycles. The van der Waals surface area contributed by atoms with Gasteiger partial charge in [-0.1, -0.05) is 113 Å². The first-order valence-electron chi connectivity index (χ1n) is 13.0. The van der Waals surface area contributed by atoms with Crippen molar-refractivity contribution < 1.29 is 4.39 Å². The second kappa shape index (κ2) is 12.4. The molecular weight excluding hydrogens is 379 g/mol. The normalized spacial score (nSPS) is 20.5. The van der Waals surface area contributed by atoms with Gasteiger partial charge in [-0.2, -0.15) is 0 Å². The van der Waals surface area contributed by atoms with Gasteiger partial charge in [-0.15, -0.1) is 0 Å². The maximum Gasteiger partial charge on any atom is 0.0999 e. The Labute approximate surface area is 190 Å². The molecule has 1 atom stereocenters. The van der Waals surface area contributed by atoms with Crippen molar-refractivity contribution in [3.8, 4) is 0 Å². The average Bonchev–Trinajstić information content (AvgIpc) is 2.83. The topological polar surface area (TPSA) is 0 Å². The van der Waals surface area contributed by atoms with Gasteiger partial charge in [0.2, 0.25) is 0 Å². The van der Waals surface area contributed by atoms with Crippen LogP contribution in [0.25, 0.3) is 0 Å². The molecule has 1 saturated carbocycles. The minimum absolute atomic E-state index is 0.00434. The maximum atomic E-state index is 14.2. The molecule has 170 valence electrons. The van der Waals surface area contributed by atoms with E-state index >= 15 is 0 Å². The SMILES string of the molecule is CCCCCC1CCC(C(CCCC(F)CC)(c2ccccc2)c2ccccc2)CC1. The molecule has 3 rings (SSSR count). The lowest BCUT2D eigenvalue weighted by Gasteiger charge is -2.46. The highest BCUT2D eigenvalue weighted by Gasteiger charge is 2.42. The van der Waals surface area contributed by atoms with Crippen LogP contribution in [0.4, 0.5) is 4.39 Å². The van der Waals surface area contributed by atoms with E-state index in [2.05, 4.69) is 67.6 Å². The lowest BCUT2D eigenvalue weighted by atomic mass is 9.58. The van der Waals surface area contributed by atoms with Crippen LogP contribution in [-0.2, 0) is 5.41 Å². The Bertz CT molecular complexity index is 675. The summed E-state index contributed by atoms with van der Waals surface area (Å²) in [5.74, 6) is 1.54. The van der Waals surface area contributed by atoms with E-state index in [9.17, 15) is 4.39 Å². The van der Waals surface area contributed by atoms with E-state index in [0.29, 0.717) is 18.8 Å². The molecule has 1 aliphatic rings. The van der Waals surface area contributed by atoms with E-state index in [1.165, 1.54) is 62.5 Å². The molecule has 0 bridgehead atoms. The minimum Gasteiger partial charge on any atom is -0.248 e. The highest BCUT2D eigenvalue weighted by molar-refractivity contribution is 5.40. The molecule has 1 aliphatic carbocycles. The Morgan fingerprint density at radius 3 is 1.90 bits per heavy atom. The van der Waals surface area contributed by atoms with Gasteiger partial charge in [-0.25, -0.2) is 4.39 Å². The molecule has 31 heavy (non-hydrogen) atoms. The van der Waals surface area contributed by atoms with Crippen LogP contribution in [0.1, 0.15) is 102 Å². The van der Waals surface area contributed by atoms with Gasteiger partial charge in [0.15, 0.2) is 0 Å². The van der Waals surface area contributed by atoms with Crippen molar-refractivity contribution in [1.82, 2.24) is 0 Å². The fourth-order valence-corrected chi connectivity index (χ4v) is 6.04. The summed E-state index contributed by atoms with van der Waals surface area (Å²) in [6.07, 6.45) is 13.5. The smallest absolute Gasteiger partial charge is 0.0999 e. The van der Waals surface area contributed by atoms with E-state index in [1.54, 1.807) is 0 Å². The Kier molecular flexibility index (Phi) is 9.62. The first kappa shape index (κ1) is 24.0. The number of hydrogen-bond donors (Lipinski definition) is 0. The largest absolute Gasteiger partial charge is 0.248 e. The van der Waals surface area contributed by atoms with E-state index in [4.69, 9.17) is 0 Å². The summed E-state index contributed by atoms with van der Waals surface area (Å²) < 4.78 is 14.2. The van der Waals surface area contributed by atoms with Crippen molar-refractivity contribution in [1.29, 1.82) is 0 Å². The van der Waals surface area contributed by atoms with Gasteiger partial charge in [0.1, 0.15) is 0 Å². The lowest BCUT2D eigenvalue weighted by Crippen LogP contribution is -2.39. The molecule has 1 heteroatoms. The highest BCUT2D eigenvalue weighted by atomic mass is 19.1. The second-order valence-electron chi connectivity index (χ2n) is 9.81. The van der Waals surface area contributed by atoms with Crippen molar-refractivity contribution >= 4 is 0 Å². The molecule has 2 aromatic rings. The molecule has 1 unspecified atom stereocenters. The molecule has 0 saturated heterocycles. The van der Waals surface area contributed by atoms with Crippen molar-refractivity contribution in [3.05, 3.63) is 71.8 Å². The molecular formula is C30H43F. The zero-order valence-electron chi connectivity index (χ0n) is 19.9. The summed E-state index contributed by atoms with van der Waals surface area (Å²) in [4.78, 5) is 0. The summed E-state index contributed by atoms with van der Waals surface area (Å²) in [7, 11) is 0. The Morgan fingerprint density at radius 1 is 0.806 bits per heavy atom. The Morgan fingerprint density at radius 2 is 1.39 bits per heavy atom. The third-order valence-corrected chi connectivity index (χ3v) is 7.87. The van der Waals surface area contributed by atoms with E-state index in [1.807, 2.05) is 6.92 Å². The third-order valence-electron chi connectivity index (χ3n) is 7.87. The molecule has 0 aromatic heterocycles. The summed E-state index contributed by atoms with van der Waals surface area (Å²) >= 11 is 0. The van der Waals surface area contributed by atoms with Gasteiger partial charge in [-0.3, -0.25) is 0 Å². The number of rotatable bonds is 12. The number of alkyl halides is 1. The van der Waals surface area contributed by atoms with Crippen LogP contribution in [0.5, 0.6) is 0 Å². The summed E-state index contributed by atoms with van der Waals surface area (Å²) in [6.45, 7) is 4.26. The van der Waals surface area contributed by atoms with E-state index in [0.717, 1.165) is 18.8 Å². The van der Waals surface area contributed by atoms with Crippen molar-refractivity contribution in [2.24, 2.45) is 11.8 Å².